The van der Waals surface area contributed by atoms with Gasteiger partial charge < -0.3 is 10.3 Å². The first-order valence-corrected chi connectivity index (χ1v) is 9.07. The monoisotopic (exact) mass is 295 g/mol. The summed E-state index contributed by atoms with van der Waals surface area (Å²) < 4.78 is 5.49. The van der Waals surface area contributed by atoms with Crippen molar-refractivity contribution in [2.45, 2.75) is 80.7 Å². The van der Waals surface area contributed by atoms with Crippen LogP contribution in [-0.2, 0) is 5.75 Å². The van der Waals surface area contributed by atoms with Crippen LogP contribution < -0.4 is 5.73 Å². The van der Waals surface area contributed by atoms with Crippen LogP contribution in [0.25, 0.3) is 0 Å². The largest absolute Gasteiger partial charge is 0.339 e. The van der Waals surface area contributed by atoms with Crippen LogP contribution in [0.5, 0.6) is 0 Å². The Labute approximate surface area is 125 Å². The minimum Gasteiger partial charge on any atom is -0.339 e. The maximum atomic E-state index is 6.26. The van der Waals surface area contributed by atoms with Crippen molar-refractivity contribution in [3.63, 3.8) is 0 Å². The lowest BCUT2D eigenvalue weighted by Crippen LogP contribution is -2.27. The van der Waals surface area contributed by atoms with E-state index in [1.165, 1.54) is 44.9 Å². The molecular weight excluding hydrogens is 270 g/mol. The first kappa shape index (κ1) is 14.4. The lowest BCUT2D eigenvalue weighted by molar-refractivity contribution is 0.324. The molecule has 2 N–H and O–H groups in total. The molecule has 112 valence electrons. The van der Waals surface area contributed by atoms with Crippen LogP contribution in [0.3, 0.4) is 0 Å². The fourth-order valence-corrected chi connectivity index (χ4v) is 4.54. The average molecular weight is 295 g/mol. The van der Waals surface area contributed by atoms with Crippen molar-refractivity contribution in [1.29, 1.82) is 0 Å². The van der Waals surface area contributed by atoms with E-state index in [2.05, 4.69) is 10.1 Å². The molecule has 0 radical (unpaired) electrons. The van der Waals surface area contributed by atoms with E-state index in [0.29, 0.717) is 0 Å². The van der Waals surface area contributed by atoms with Gasteiger partial charge in [-0.15, -0.1) is 0 Å². The van der Waals surface area contributed by atoms with Crippen molar-refractivity contribution in [1.82, 2.24) is 10.1 Å². The number of hydrogen-bond donors (Lipinski definition) is 1. The molecule has 20 heavy (non-hydrogen) atoms. The molecular formula is C15H25N3OS. The van der Waals surface area contributed by atoms with Crippen LogP contribution in [0.15, 0.2) is 4.52 Å². The number of hydrogen-bond acceptors (Lipinski definition) is 5. The zero-order chi connectivity index (χ0) is 13.8. The van der Waals surface area contributed by atoms with Gasteiger partial charge in [0.15, 0.2) is 5.82 Å². The highest BCUT2D eigenvalue weighted by Crippen LogP contribution is 2.33. The molecule has 2 fully saturated rings. The third kappa shape index (κ3) is 3.55. The summed E-state index contributed by atoms with van der Waals surface area (Å²) >= 11 is 1.99. The molecule has 1 aromatic heterocycles. The highest BCUT2D eigenvalue weighted by Gasteiger charge is 2.27. The van der Waals surface area contributed by atoms with E-state index in [-0.39, 0.29) is 12.0 Å². The summed E-state index contributed by atoms with van der Waals surface area (Å²) in [6.45, 7) is 0. The molecule has 4 nitrogen and oxygen atoms in total. The van der Waals surface area contributed by atoms with E-state index < -0.39 is 0 Å². The van der Waals surface area contributed by atoms with Gasteiger partial charge in [0.05, 0.1) is 11.7 Å². The molecule has 3 rings (SSSR count). The Morgan fingerprint density at radius 1 is 1.05 bits per heavy atom. The molecule has 1 aromatic rings. The van der Waals surface area contributed by atoms with Crippen LogP contribution in [-0.4, -0.2) is 21.4 Å². The van der Waals surface area contributed by atoms with Crippen molar-refractivity contribution in [3.8, 4) is 0 Å². The molecule has 5 heteroatoms. The van der Waals surface area contributed by atoms with E-state index in [0.717, 1.165) is 35.6 Å². The maximum absolute atomic E-state index is 6.26. The molecule has 0 aromatic carbocycles. The second-order valence-electron chi connectivity index (χ2n) is 6.17. The topological polar surface area (TPSA) is 64.9 Å². The van der Waals surface area contributed by atoms with Crippen LogP contribution in [0.4, 0.5) is 0 Å². The van der Waals surface area contributed by atoms with Gasteiger partial charge in [0.2, 0.25) is 5.89 Å². The van der Waals surface area contributed by atoms with Gasteiger partial charge in [-0.25, -0.2) is 0 Å². The second kappa shape index (κ2) is 6.94. The third-order valence-electron chi connectivity index (χ3n) is 4.62. The summed E-state index contributed by atoms with van der Waals surface area (Å²) in [4.78, 5) is 4.61. The predicted molar refractivity (Wildman–Crippen MR) is 81.7 cm³/mol. The molecule has 1 heterocycles. The van der Waals surface area contributed by atoms with Gasteiger partial charge in [-0.1, -0.05) is 37.3 Å². The summed E-state index contributed by atoms with van der Waals surface area (Å²) in [6, 6.07) is 0.188. The second-order valence-corrected chi connectivity index (χ2v) is 7.46. The normalized spacial score (nSPS) is 28.6. The highest BCUT2D eigenvalue weighted by atomic mass is 32.2. The minimum absolute atomic E-state index is 0.188. The smallest absolute Gasteiger partial charge is 0.231 e. The predicted octanol–water partition coefficient (Wildman–Crippen LogP) is 3.62. The fraction of sp³-hybridized carbons (Fsp3) is 0.867. The van der Waals surface area contributed by atoms with Gasteiger partial charge in [0, 0.05) is 11.3 Å². The Hall–Kier alpha value is -0.550. The molecule has 0 saturated heterocycles. The first-order valence-electron chi connectivity index (χ1n) is 8.02. The fourth-order valence-electron chi connectivity index (χ4n) is 3.37. The van der Waals surface area contributed by atoms with E-state index >= 15 is 0 Å². The Balaban J connectivity index is 1.57. The van der Waals surface area contributed by atoms with Gasteiger partial charge in [-0.3, -0.25) is 0 Å². The van der Waals surface area contributed by atoms with Crippen LogP contribution >= 0.6 is 11.8 Å². The van der Waals surface area contributed by atoms with Gasteiger partial charge in [-0.2, -0.15) is 16.7 Å². The number of rotatable bonds is 4. The summed E-state index contributed by atoms with van der Waals surface area (Å²) in [5.74, 6) is 2.79. The van der Waals surface area contributed by atoms with Crippen LogP contribution in [0.2, 0.25) is 0 Å². The molecule has 2 unspecified atom stereocenters. The van der Waals surface area contributed by atoms with Crippen LogP contribution in [0.1, 0.15) is 75.4 Å². The Kier molecular flexibility index (Phi) is 4.99. The lowest BCUT2D eigenvalue weighted by atomic mass is 9.95. The molecule has 0 bridgehead atoms. The van der Waals surface area contributed by atoms with E-state index in [1.807, 2.05) is 11.8 Å². The summed E-state index contributed by atoms with van der Waals surface area (Å²) in [6.07, 6.45) is 11.4. The zero-order valence-corrected chi connectivity index (χ0v) is 12.9. The van der Waals surface area contributed by atoms with E-state index in [9.17, 15) is 0 Å². The minimum atomic E-state index is 0.188. The Morgan fingerprint density at radius 3 is 2.65 bits per heavy atom. The van der Waals surface area contributed by atoms with Gasteiger partial charge in [0.25, 0.3) is 0 Å². The van der Waals surface area contributed by atoms with E-state index in [1.54, 1.807) is 0 Å². The molecule has 0 spiro atoms. The molecule has 2 saturated carbocycles. The van der Waals surface area contributed by atoms with Gasteiger partial charge >= 0.3 is 0 Å². The van der Waals surface area contributed by atoms with Gasteiger partial charge in [-0.05, 0) is 25.7 Å². The van der Waals surface area contributed by atoms with E-state index in [4.69, 9.17) is 10.3 Å². The average Bonchev–Trinajstić information content (AvgIpc) is 3.08. The van der Waals surface area contributed by atoms with Gasteiger partial charge in [0.1, 0.15) is 0 Å². The first-order chi connectivity index (χ1) is 9.83. The Morgan fingerprint density at radius 2 is 1.80 bits per heavy atom. The molecule has 0 amide bonds. The number of aromatic nitrogens is 2. The molecule has 2 aliphatic rings. The Bertz CT molecular complexity index is 417. The number of thioether (sulfide) groups is 1. The quantitative estimate of drug-likeness (QED) is 0.859. The zero-order valence-electron chi connectivity index (χ0n) is 12.1. The SMILES string of the molecule is NC1CCCCCC1c1nc(CSC2CCCC2)no1. The summed E-state index contributed by atoms with van der Waals surface area (Å²) in [5, 5.41) is 4.96. The standard InChI is InChI=1S/C15H25N3OS/c16-13-9-3-1-2-8-12(13)15-17-14(18-19-15)10-20-11-6-4-5-7-11/h11-13H,1-10,16H2. The molecule has 2 aliphatic carbocycles. The summed E-state index contributed by atoms with van der Waals surface area (Å²) in [7, 11) is 0. The van der Waals surface area contributed by atoms with Crippen LogP contribution in [0, 0.1) is 0 Å². The van der Waals surface area contributed by atoms with Crippen molar-refractivity contribution < 1.29 is 4.52 Å². The summed E-state index contributed by atoms with van der Waals surface area (Å²) in [5.41, 5.74) is 6.26. The van der Waals surface area contributed by atoms with Crippen molar-refractivity contribution in [2.24, 2.45) is 5.73 Å². The number of nitrogens with two attached hydrogens (primary N) is 1. The maximum Gasteiger partial charge on any atom is 0.231 e. The molecule has 0 aliphatic heterocycles. The highest BCUT2D eigenvalue weighted by molar-refractivity contribution is 7.99. The number of nitrogens with zero attached hydrogens (tertiary/aromatic N) is 2. The molecule has 2 atom stereocenters. The third-order valence-corrected chi connectivity index (χ3v) is 5.99. The van der Waals surface area contributed by atoms with Crippen molar-refractivity contribution in [3.05, 3.63) is 11.7 Å². The van der Waals surface area contributed by atoms with Crippen molar-refractivity contribution >= 4 is 11.8 Å². The lowest BCUT2D eigenvalue weighted by Gasteiger charge is -2.16. The van der Waals surface area contributed by atoms with Crippen molar-refractivity contribution in [2.75, 3.05) is 0 Å².